The Kier molecular flexibility index (Phi) is 6.26. The molecular weight excluding hydrogens is 416 g/mol. The second kappa shape index (κ2) is 9.09. The molecule has 1 aromatic carbocycles. The first-order chi connectivity index (χ1) is 15.0. The number of aliphatic hydroxyl groups excluding tert-OH is 1. The van der Waals surface area contributed by atoms with Gasteiger partial charge in [-0.05, 0) is 25.3 Å². The van der Waals surface area contributed by atoms with Crippen molar-refractivity contribution in [3.63, 3.8) is 0 Å². The number of fused-ring (bicyclic) bond motifs is 1. The van der Waals surface area contributed by atoms with E-state index in [4.69, 9.17) is 9.84 Å². The van der Waals surface area contributed by atoms with Crippen LogP contribution in [-0.4, -0.2) is 64.6 Å². The fourth-order valence-corrected chi connectivity index (χ4v) is 4.95. The molecular formula is C22H24N4O4S. The molecule has 0 unspecified atom stereocenters. The van der Waals surface area contributed by atoms with Crippen molar-refractivity contribution in [3.05, 3.63) is 58.0 Å². The third-order valence-electron chi connectivity index (χ3n) is 5.24. The van der Waals surface area contributed by atoms with Crippen LogP contribution in [0.2, 0.25) is 0 Å². The largest absolute Gasteiger partial charge is 0.395 e. The first kappa shape index (κ1) is 21.4. The fraction of sp³-hybridized carbons (Fsp3) is 0.364. The zero-order chi connectivity index (χ0) is 22.0. The van der Waals surface area contributed by atoms with Gasteiger partial charge in [-0.15, -0.1) is 11.3 Å². The minimum atomic E-state index is -0.435. The maximum Gasteiger partial charge on any atom is 0.261 e. The number of thiophene rings is 1. The number of rotatable bonds is 5. The lowest BCUT2D eigenvalue weighted by atomic mass is 10.0. The van der Waals surface area contributed by atoms with Crippen molar-refractivity contribution in [1.82, 2.24) is 20.2 Å². The Balaban J connectivity index is 1.66. The summed E-state index contributed by atoms with van der Waals surface area (Å²) in [6, 6.07) is 7.78. The van der Waals surface area contributed by atoms with Crippen LogP contribution in [-0.2, 0) is 4.74 Å². The van der Waals surface area contributed by atoms with Crippen LogP contribution in [0.1, 0.15) is 43.2 Å². The molecule has 162 valence electrons. The van der Waals surface area contributed by atoms with Crippen LogP contribution < -0.4 is 5.32 Å². The lowest BCUT2D eigenvalue weighted by molar-refractivity contribution is -0.0223. The van der Waals surface area contributed by atoms with Crippen molar-refractivity contribution < 1.29 is 19.4 Å². The summed E-state index contributed by atoms with van der Waals surface area (Å²) in [5.41, 5.74) is 1.90. The lowest BCUT2D eigenvalue weighted by Crippen LogP contribution is -2.43. The summed E-state index contributed by atoms with van der Waals surface area (Å²) in [7, 11) is 0. The molecule has 2 aromatic heterocycles. The zero-order valence-corrected chi connectivity index (χ0v) is 18.2. The molecule has 0 spiro atoms. The number of amides is 2. The molecule has 0 aliphatic carbocycles. The Morgan fingerprint density at radius 1 is 1.32 bits per heavy atom. The average Bonchev–Trinajstić information content (AvgIpc) is 3.17. The summed E-state index contributed by atoms with van der Waals surface area (Å²) in [5.74, 6) is 0.230. The number of ether oxygens (including phenoxy) is 1. The summed E-state index contributed by atoms with van der Waals surface area (Å²) in [5, 5.41) is 12.7. The average molecular weight is 441 g/mol. The minimum absolute atomic E-state index is 0.133. The number of hydrogen-bond acceptors (Lipinski definition) is 7. The summed E-state index contributed by atoms with van der Waals surface area (Å²) in [6.45, 7) is 4.78. The molecule has 2 N–H and O–H groups in total. The van der Waals surface area contributed by atoms with Gasteiger partial charge in [0.2, 0.25) is 0 Å². The van der Waals surface area contributed by atoms with E-state index < -0.39 is 6.10 Å². The van der Waals surface area contributed by atoms with Crippen molar-refractivity contribution in [1.29, 1.82) is 0 Å². The second-order valence-corrected chi connectivity index (χ2v) is 8.40. The number of carbonyl (C=O) groups is 2. The third-order valence-corrected chi connectivity index (χ3v) is 6.43. The molecule has 3 heterocycles. The van der Waals surface area contributed by atoms with Crippen LogP contribution in [0.25, 0.3) is 10.1 Å². The number of nitrogens with one attached hydrogen (secondary N) is 1. The quantitative estimate of drug-likeness (QED) is 0.631. The smallest absolute Gasteiger partial charge is 0.261 e. The van der Waals surface area contributed by atoms with Crippen LogP contribution in [0.3, 0.4) is 0 Å². The van der Waals surface area contributed by atoms with E-state index in [-0.39, 0.29) is 25.0 Å². The van der Waals surface area contributed by atoms with Crippen molar-refractivity contribution in [3.8, 4) is 0 Å². The lowest BCUT2D eigenvalue weighted by Gasteiger charge is -2.33. The number of aryl methyl sites for hydroxylation is 2. The van der Waals surface area contributed by atoms with E-state index >= 15 is 0 Å². The molecule has 1 aliphatic rings. The van der Waals surface area contributed by atoms with Crippen molar-refractivity contribution in [2.75, 3.05) is 32.8 Å². The maximum atomic E-state index is 13.2. The highest BCUT2D eigenvalue weighted by Gasteiger charge is 2.32. The molecule has 8 nitrogen and oxygen atoms in total. The van der Waals surface area contributed by atoms with E-state index in [0.717, 1.165) is 15.6 Å². The van der Waals surface area contributed by atoms with E-state index in [1.165, 1.54) is 11.3 Å². The van der Waals surface area contributed by atoms with Gasteiger partial charge in [0.05, 0.1) is 35.9 Å². The van der Waals surface area contributed by atoms with Crippen molar-refractivity contribution in [2.45, 2.75) is 20.0 Å². The van der Waals surface area contributed by atoms with Crippen LogP contribution >= 0.6 is 11.3 Å². The monoisotopic (exact) mass is 440 g/mol. The summed E-state index contributed by atoms with van der Waals surface area (Å²) in [6.07, 6.45) is 1.13. The summed E-state index contributed by atoms with van der Waals surface area (Å²) < 4.78 is 7.02. The van der Waals surface area contributed by atoms with Gasteiger partial charge in [-0.3, -0.25) is 9.59 Å². The Morgan fingerprint density at radius 3 is 2.90 bits per heavy atom. The molecule has 9 heteroatoms. The van der Waals surface area contributed by atoms with E-state index in [2.05, 4.69) is 15.3 Å². The Morgan fingerprint density at radius 2 is 2.13 bits per heavy atom. The first-order valence-corrected chi connectivity index (χ1v) is 10.9. The predicted molar refractivity (Wildman–Crippen MR) is 117 cm³/mol. The summed E-state index contributed by atoms with van der Waals surface area (Å²) in [4.78, 5) is 36.7. The molecule has 0 saturated carbocycles. The Hall–Kier alpha value is -2.88. The number of nitrogens with zero attached hydrogens (tertiary/aromatic N) is 3. The van der Waals surface area contributed by atoms with E-state index in [0.29, 0.717) is 41.7 Å². The van der Waals surface area contributed by atoms with Crippen LogP contribution in [0, 0.1) is 13.8 Å². The fourth-order valence-electron chi connectivity index (χ4n) is 3.78. The topological polar surface area (TPSA) is 105 Å². The van der Waals surface area contributed by atoms with Crippen molar-refractivity contribution >= 4 is 33.2 Å². The molecule has 1 atom stereocenters. The van der Waals surface area contributed by atoms with E-state index in [1.807, 2.05) is 24.3 Å². The van der Waals surface area contributed by atoms with Gasteiger partial charge in [-0.2, -0.15) is 0 Å². The van der Waals surface area contributed by atoms with Gasteiger partial charge in [-0.1, -0.05) is 18.2 Å². The predicted octanol–water partition coefficient (Wildman–Crippen LogP) is 2.24. The number of carbonyl (C=O) groups excluding carboxylic acids is 2. The minimum Gasteiger partial charge on any atom is -0.395 e. The highest BCUT2D eigenvalue weighted by Crippen LogP contribution is 2.38. The van der Waals surface area contributed by atoms with Gasteiger partial charge < -0.3 is 20.1 Å². The zero-order valence-electron chi connectivity index (χ0n) is 17.4. The Bertz CT molecular complexity index is 1130. The Labute approximate surface area is 183 Å². The first-order valence-electron chi connectivity index (χ1n) is 10.1. The maximum absolute atomic E-state index is 13.2. The highest BCUT2D eigenvalue weighted by atomic mass is 32.1. The van der Waals surface area contributed by atoms with Gasteiger partial charge in [0.15, 0.2) is 0 Å². The molecule has 0 radical (unpaired) electrons. The standard InChI is InChI=1S/C22H24N4O4S/c1-13-16(11-24-14(2)25-13)22(29)26-8-10-30-17(12-26)19-15-5-3-4-6-18(15)31-20(19)21(28)23-7-9-27/h3-6,11,17,27H,7-10,12H2,1-2H3,(H,23,28)/t17-/m0/s1. The van der Waals surface area contributed by atoms with E-state index in [9.17, 15) is 9.59 Å². The molecule has 2 amide bonds. The van der Waals surface area contributed by atoms with Crippen LogP contribution in [0.15, 0.2) is 30.5 Å². The molecule has 4 rings (SSSR count). The number of benzene rings is 1. The summed E-state index contributed by atoms with van der Waals surface area (Å²) >= 11 is 1.39. The van der Waals surface area contributed by atoms with Crippen molar-refractivity contribution in [2.24, 2.45) is 0 Å². The van der Waals surface area contributed by atoms with Gasteiger partial charge in [0, 0.05) is 29.5 Å². The van der Waals surface area contributed by atoms with Gasteiger partial charge >= 0.3 is 0 Å². The third kappa shape index (κ3) is 4.30. The normalized spacial score (nSPS) is 16.5. The number of aromatic nitrogens is 2. The van der Waals surface area contributed by atoms with Gasteiger partial charge in [-0.25, -0.2) is 9.97 Å². The van der Waals surface area contributed by atoms with Crippen LogP contribution in [0.4, 0.5) is 0 Å². The molecule has 1 aliphatic heterocycles. The number of hydrogen-bond donors (Lipinski definition) is 2. The van der Waals surface area contributed by atoms with Crippen LogP contribution in [0.5, 0.6) is 0 Å². The second-order valence-electron chi connectivity index (χ2n) is 7.35. The van der Waals surface area contributed by atoms with E-state index in [1.54, 1.807) is 24.9 Å². The number of morpholine rings is 1. The highest BCUT2D eigenvalue weighted by molar-refractivity contribution is 7.21. The number of aliphatic hydroxyl groups is 1. The molecule has 1 saturated heterocycles. The molecule has 1 fully saturated rings. The molecule has 0 bridgehead atoms. The molecule has 31 heavy (non-hydrogen) atoms. The van der Waals surface area contributed by atoms with Gasteiger partial charge in [0.25, 0.3) is 11.8 Å². The SMILES string of the molecule is Cc1ncc(C(=O)N2CCO[C@H](c3c(C(=O)NCCO)sc4ccccc34)C2)c(C)n1. The molecule has 3 aromatic rings. The van der Waals surface area contributed by atoms with Gasteiger partial charge in [0.1, 0.15) is 11.9 Å².